The molecule has 0 atom stereocenters. The van der Waals surface area contributed by atoms with E-state index in [1.807, 2.05) is 18.2 Å². The van der Waals surface area contributed by atoms with E-state index >= 15 is 0 Å². The summed E-state index contributed by atoms with van der Waals surface area (Å²) in [5.74, 6) is 0.337. The number of phenolic OH excluding ortho intramolecular Hbond substituents is 1. The number of anilines is 2. The Labute approximate surface area is 127 Å². The average molecular weight is 333 g/mol. The summed E-state index contributed by atoms with van der Waals surface area (Å²) in [5.41, 5.74) is 3.41. The zero-order valence-electron chi connectivity index (χ0n) is 11.4. The zero-order chi connectivity index (χ0) is 14.1. The Kier molecular flexibility index (Phi) is 3.57. The third kappa shape index (κ3) is 2.36. The molecule has 20 heavy (non-hydrogen) atoms. The van der Waals surface area contributed by atoms with E-state index in [0.717, 1.165) is 29.7 Å². The fourth-order valence-corrected chi connectivity index (χ4v) is 3.03. The largest absolute Gasteiger partial charge is 0.506 e. The summed E-state index contributed by atoms with van der Waals surface area (Å²) in [7, 11) is 2.12. The lowest BCUT2D eigenvalue weighted by Gasteiger charge is -2.37. The molecule has 2 aromatic carbocycles. The third-order valence-electron chi connectivity index (χ3n) is 3.77. The van der Waals surface area contributed by atoms with E-state index in [2.05, 4.69) is 57.0 Å². The van der Waals surface area contributed by atoms with Gasteiger partial charge in [0.2, 0.25) is 0 Å². The molecular formula is C16H17BrN2O. The van der Waals surface area contributed by atoms with Gasteiger partial charge in [0.1, 0.15) is 5.75 Å². The van der Waals surface area contributed by atoms with E-state index in [0.29, 0.717) is 5.75 Å². The maximum absolute atomic E-state index is 10.1. The molecule has 0 unspecified atom stereocenters. The van der Waals surface area contributed by atoms with Crippen molar-refractivity contribution >= 4 is 27.3 Å². The van der Waals surface area contributed by atoms with E-state index in [-0.39, 0.29) is 0 Å². The first-order chi connectivity index (χ1) is 9.66. The summed E-state index contributed by atoms with van der Waals surface area (Å²) in [6.07, 6.45) is 0. The number of hydrogen-bond acceptors (Lipinski definition) is 3. The smallest absolute Gasteiger partial charge is 0.134 e. The highest BCUT2D eigenvalue weighted by Crippen LogP contribution is 2.35. The molecule has 104 valence electrons. The topological polar surface area (TPSA) is 26.7 Å². The molecule has 1 aliphatic heterocycles. The number of benzene rings is 2. The minimum absolute atomic E-state index is 0.337. The average Bonchev–Trinajstić information content (AvgIpc) is 2.47. The molecule has 0 fully saturated rings. The van der Waals surface area contributed by atoms with Gasteiger partial charge in [0, 0.05) is 32.2 Å². The highest BCUT2D eigenvalue weighted by molar-refractivity contribution is 9.10. The quantitative estimate of drug-likeness (QED) is 0.909. The Morgan fingerprint density at radius 1 is 1.05 bits per heavy atom. The number of likely N-dealkylation sites (N-methyl/N-ethyl adjacent to an activating group) is 1. The normalized spacial score (nSPS) is 14.3. The maximum atomic E-state index is 10.1. The highest BCUT2D eigenvalue weighted by Gasteiger charge is 2.20. The molecule has 4 heteroatoms. The van der Waals surface area contributed by atoms with Crippen molar-refractivity contribution < 1.29 is 5.11 Å². The Morgan fingerprint density at radius 3 is 2.60 bits per heavy atom. The minimum atomic E-state index is 0.337. The van der Waals surface area contributed by atoms with Crippen LogP contribution in [0.3, 0.4) is 0 Å². The van der Waals surface area contributed by atoms with Crippen molar-refractivity contribution in [2.75, 3.05) is 29.9 Å². The van der Waals surface area contributed by atoms with Crippen molar-refractivity contribution in [2.24, 2.45) is 0 Å². The van der Waals surface area contributed by atoms with Crippen LogP contribution in [0.25, 0.3) is 0 Å². The SMILES string of the molecule is CN1CCN(Cc2cccc(Br)c2O)c2ccccc21. The molecule has 0 saturated heterocycles. The van der Waals surface area contributed by atoms with E-state index in [9.17, 15) is 5.11 Å². The van der Waals surface area contributed by atoms with Crippen LogP contribution in [0.15, 0.2) is 46.9 Å². The van der Waals surface area contributed by atoms with Crippen molar-refractivity contribution in [2.45, 2.75) is 6.54 Å². The van der Waals surface area contributed by atoms with Crippen molar-refractivity contribution in [1.82, 2.24) is 0 Å². The van der Waals surface area contributed by atoms with Crippen molar-refractivity contribution in [3.63, 3.8) is 0 Å². The minimum Gasteiger partial charge on any atom is -0.506 e. The Morgan fingerprint density at radius 2 is 1.80 bits per heavy atom. The maximum Gasteiger partial charge on any atom is 0.134 e. The molecule has 0 saturated carbocycles. The number of nitrogens with zero attached hydrogens (tertiary/aromatic N) is 2. The van der Waals surface area contributed by atoms with Crippen LogP contribution in [0.4, 0.5) is 11.4 Å². The predicted molar refractivity (Wildman–Crippen MR) is 86.6 cm³/mol. The second kappa shape index (κ2) is 5.37. The Balaban J connectivity index is 1.93. The first kappa shape index (κ1) is 13.3. The summed E-state index contributed by atoms with van der Waals surface area (Å²) in [5, 5.41) is 10.1. The van der Waals surface area contributed by atoms with Gasteiger partial charge in [-0.2, -0.15) is 0 Å². The fourth-order valence-electron chi connectivity index (χ4n) is 2.62. The molecule has 0 amide bonds. The molecule has 0 aliphatic carbocycles. The van der Waals surface area contributed by atoms with Gasteiger partial charge in [-0.05, 0) is 34.1 Å². The first-order valence-electron chi connectivity index (χ1n) is 6.68. The molecule has 0 spiro atoms. The lowest BCUT2D eigenvalue weighted by Crippen LogP contribution is -2.38. The van der Waals surface area contributed by atoms with Crippen molar-refractivity contribution in [3.05, 3.63) is 52.5 Å². The van der Waals surface area contributed by atoms with Crippen LogP contribution in [0, 0.1) is 0 Å². The van der Waals surface area contributed by atoms with Gasteiger partial charge < -0.3 is 14.9 Å². The predicted octanol–water partition coefficient (Wildman–Crippen LogP) is 3.61. The van der Waals surface area contributed by atoms with Crippen molar-refractivity contribution in [1.29, 1.82) is 0 Å². The van der Waals surface area contributed by atoms with Crippen LogP contribution < -0.4 is 9.80 Å². The molecule has 0 aromatic heterocycles. The van der Waals surface area contributed by atoms with Crippen LogP contribution in [-0.4, -0.2) is 25.2 Å². The summed E-state index contributed by atoms with van der Waals surface area (Å²) in [4.78, 5) is 4.59. The van der Waals surface area contributed by atoms with Gasteiger partial charge in [-0.25, -0.2) is 0 Å². The first-order valence-corrected chi connectivity index (χ1v) is 7.47. The molecule has 3 nitrogen and oxygen atoms in total. The van der Waals surface area contributed by atoms with Crippen LogP contribution in [-0.2, 0) is 6.54 Å². The van der Waals surface area contributed by atoms with Gasteiger partial charge in [0.05, 0.1) is 15.8 Å². The van der Waals surface area contributed by atoms with Gasteiger partial charge in [0.15, 0.2) is 0 Å². The second-order valence-corrected chi connectivity index (χ2v) is 5.93. The summed E-state index contributed by atoms with van der Waals surface area (Å²) in [6, 6.07) is 14.2. The van der Waals surface area contributed by atoms with Gasteiger partial charge in [0.25, 0.3) is 0 Å². The summed E-state index contributed by atoms with van der Waals surface area (Å²) in [6.45, 7) is 2.67. The van der Waals surface area contributed by atoms with Crippen molar-refractivity contribution in [3.8, 4) is 5.75 Å². The third-order valence-corrected chi connectivity index (χ3v) is 4.41. The highest BCUT2D eigenvalue weighted by atomic mass is 79.9. The van der Waals surface area contributed by atoms with Crippen LogP contribution in [0.1, 0.15) is 5.56 Å². The van der Waals surface area contributed by atoms with Gasteiger partial charge in [-0.1, -0.05) is 24.3 Å². The molecule has 3 rings (SSSR count). The number of aromatic hydroxyl groups is 1. The molecule has 0 bridgehead atoms. The zero-order valence-corrected chi connectivity index (χ0v) is 13.0. The molecule has 2 aromatic rings. The van der Waals surface area contributed by atoms with Crippen LogP contribution in [0.5, 0.6) is 5.75 Å². The number of rotatable bonds is 2. The van der Waals surface area contributed by atoms with E-state index in [1.165, 1.54) is 11.4 Å². The Bertz CT molecular complexity index is 630. The second-order valence-electron chi connectivity index (χ2n) is 5.08. The molecular weight excluding hydrogens is 316 g/mol. The van der Waals surface area contributed by atoms with Gasteiger partial charge >= 0.3 is 0 Å². The summed E-state index contributed by atoms with van der Waals surface area (Å²) >= 11 is 3.38. The van der Waals surface area contributed by atoms with Crippen LogP contribution >= 0.6 is 15.9 Å². The Hall–Kier alpha value is -1.68. The number of halogens is 1. The lowest BCUT2D eigenvalue weighted by molar-refractivity contribution is 0.463. The number of fused-ring (bicyclic) bond motifs is 1. The number of para-hydroxylation sites is 3. The number of hydrogen-bond donors (Lipinski definition) is 1. The number of phenols is 1. The lowest BCUT2D eigenvalue weighted by atomic mass is 10.1. The van der Waals surface area contributed by atoms with Gasteiger partial charge in [-0.3, -0.25) is 0 Å². The monoisotopic (exact) mass is 332 g/mol. The van der Waals surface area contributed by atoms with E-state index < -0.39 is 0 Å². The van der Waals surface area contributed by atoms with E-state index in [4.69, 9.17) is 0 Å². The van der Waals surface area contributed by atoms with E-state index in [1.54, 1.807) is 0 Å². The molecule has 0 radical (unpaired) electrons. The molecule has 1 N–H and O–H groups in total. The molecule has 1 heterocycles. The molecule has 1 aliphatic rings. The summed E-state index contributed by atoms with van der Waals surface area (Å²) < 4.78 is 0.748. The standard InChI is InChI=1S/C16H17BrN2O/c1-18-9-10-19(15-8-3-2-7-14(15)18)11-12-5-4-6-13(17)16(12)20/h2-8,20H,9-11H2,1H3. The van der Waals surface area contributed by atoms with Gasteiger partial charge in [-0.15, -0.1) is 0 Å². The van der Waals surface area contributed by atoms with Crippen LogP contribution in [0.2, 0.25) is 0 Å². The fraction of sp³-hybridized carbons (Fsp3) is 0.250.